The van der Waals surface area contributed by atoms with E-state index in [4.69, 9.17) is 4.52 Å². The van der Waals surface area contributed by atoms with Crippen molar-refractivity contribution in [3.63, 3.8) is 0 Å². The van der Waals surface area contributed by atoms with Crippen molar-refractivity contribution in [2.45, 2.75) is 19.4 Å². The van der Waals surface area contributed by atoms with Gasteiger partial charge in [-0.1, -0.05) is 5.16 Å². The van der Waals surface area contributed by atoms with Crippen LogP contribution in [0.15, 0.2) is 10.6 Å². The lowest BCUT2D eigenvalue weighted by Gasteiger charge is -2.12. The molecule has 0 bridgehead atoms. The number of aryl methyl sites for hydroxylation is 1. The van der Waals surface area contributed by atoms with Gasteiger partial charge in [0.2, 0.25) is 0 Å². The molecule has 1 N–H and O–H groups in total. The second kappa shape index (κ2) is 3.42. The third-order valence-corrected chi connectivity index (χ3v) is 2.30. The maximum Gasteiger partial charge on any atom is 0.276 e. The van der Waals surface area contributed by atoms with Crippen LogP contribution in [0, 0.1) is 6.92 Å². The predicted octanol–water partition coefficient (Wildman–Crippen LogP) is 0.190. The summed E-state index contributed by atoms with van der Waals surface area (Å²) in [6, 6.07) is 1.60. The van der Waals surface area contributed by atoms with Crippen LogP contribution in [0.2, 0.25) is 0 Å². The third kappa shape index (κ3) is 1.63. The zero-order valence-corrected chi connectivity index (χ0v) is 7.93. The summed E-state index contributed by atoms with van der Waals surface area (Å²) in [4.78, 5) is 13.3. The summed E-state index contributed by atoms with van der Waals surface area (Å²) < 4.78 is 4.81. The van der Waals surface area contributed by atoms with Gasteiger partial charge in [-0.3, -0.25) is 4.79 Å². The smallest absolute Gasteiger partial charge is 0.276 e. The highest BCUT2D eigenvalue weighted by Crippen LogP contribution is 2.13. The molecule has 5 heteroatoms. The second-order valence-electron chi connectivity index (χ2n) is 3.52. The first-order chi connectivity index (χ1) is 6.66. The number of rotatable bonds is 1. The van der Waals surface area contributed by atoms with E-state index in [0.29, 0.717) is 31.0 Å². The minimum absolute atomic E-state index is 0.168. The molecular weight excluding hydrogens is 184 g/mol. The Morgan fingerprint density at radius 2 is 2.57 bits per heavy atom. The lowest BCUT2D eigenvalue weighted by molar-refractivity contribution is 0.0754. The van der Waals surface area contributed by atoms with E-state index < -0.39 is 6.10 Å². The number of aliphatic hydroxyl groups excluding tert-OH is 1. The first-order valence-electron chi connectivity index (χ1n) is 4.57. The van der Waals surface area contributed by atoms with Crippen LogP contribution in [0.4, 0.5) is 0 Å². The van der Waals surface area contributed by atoms with Gasteiger partial charge in [0.15, 0.2) is 5.69 Å². The second-order valence-corrected chi connectivity index (χ2v) is 3.52. The minimum atomic E-state index is -0.396. The van der Waals surface area contributed by atoms with Crippen LogP contribution in [0.5, 0.6) is 0 Å². The quantitative estimate of drug-likeness (QED) is 0.696. The molecule has 0 aromatic carbocycles. The number of hydrogen-bond acceptors (Lipinski definition) is 4. The van der Waals surface area contributed by atoms with Crippen LogP contribution in [-0.4, -0.2) is 40.3 Å². The summed E-state index contributed by atoms with van der Waals surface area (Å²) in [6.07, 6.45) is 0.245. The molecule has 0 saturated carbocycles. The summed E-state index contributed by atoms with van der Waals surface area (Å²) in [5.74, 6) is 0.450. The van der Waals surface area contributed by atoms with Crippen LogP contribution in [-0.2, 0) is 0 Å². The van der Waals surface area contributed by atoms with E-state index >= 15 is 0 Å². The van der Waals surface area contributed by atoms with E-state index in [1.54, 1.807) is 17.9 Å². The molecule has 2 heterocycles. The molecule has 1 fully saturated rings. The van der Waals surface area contributed by atoms with Crippen molar-refractivity contribution in [1.29, 1.82) is 0 Å². The Kier molecular flexibility index (Phi) is 2.25. The molecule has 1 amide bonds. The van der Waals surface area contributed by atoms with Crippen molar-refractivity contribution in [1.82, 2.24) is 10.1 Å². The Bertz CT molecular complexity index is 348. The number of carbonyl (C=O) groups is 1. The number of hydrogen-bond donors (Lipinski definition) is 1. The van der Waals surface area contributed by atoms with E-state index in [9.17, 15) is 9.90 Å². The van der Waals surface area contributed by atoms with Gasteiger partial charge in [-0.2, -0.15) is 0 Å². The summed E-state index contributed by atoms with van der Waals surface area (Å²) in [7, 11) is 0. The zero-order valence-electron chi connectivity index (χ0n) is 7.93. The van der Waals surface area contributed by atoms with Crippen molar-refractivity contribution < 1.29 is 14.4 Å². The molecular formula is C9H12N2O3. The molecule has 0 spiro atoms. The average molecular weight is 196 g/mol. The highest BCUT2D eigenvalue weighted by Gasteiger charge is 2.26. The Balaban J connectivity index is 2.09. The van der Waals surface area contributed by atoms with Crippen molar-refractivity contribution in [3.05, 3.63) is 17.5 Å². The van der Waals surface area contributed by atoms with Crippen molar-refractivity contribution in [2.75, 3.05) is 13.1 Å². The molecule has 76 valence electrons. The molecule has 1 aliphatic heterocycles. The molecule has 1 aromatic heterocycles. The van der Waals surface area contributed by atoms with E-state index in [1.165, 1.54) is 0 Å². The first kappa shape index (κ1) is 9.21. The summed E-state index contributed by atoms with van der Waals surface area (Å²) in [6.45, 7) is 2.72. The van der Waals surface area contributed by atoms with Crippen molar-refractivity contribution in [3.8, 4) is 0 Å². The van der Waals surface area contributed by atoms with E-state index in [2.05, 4.69) is 5.16 Å². The van der Waals surface area contributed by atoms with Gasteiger partial charge in [0.1, 0.15) is 5.76 Å². The average Bonchev–Trinajstić information content (AvgIpc) is 2.73. The van der Waals surface area contributed by atoms with Gasteiger partial charge in [0.05, 0.1) is 6.10 Å². The lowest BCUT2D eigenvalue weighted by Crippen LogP contribution is -2.29. The Morgan fingerprint density at radius 1 is 1.79 bits per heavy atom. The molecule has 1 aliphatic rings. The number of likely N-dealkylation sites (tertiary alicyclic amines) is 1. The molecule has 1 aromatic rings. The van der Waals surface area contributed by atoms with Crippen LogP contribution < -0.4 is 0 Å². The molecule has 1 atom stereocenters. The molecule has 0 aliphatic carbocycles. The summed E-state index contributed by atoms with van der Waals surface area (Å²) >= 11 is 0. The normalized spacial score (nSPS) is 21.6. The van der Waals surface area contributed by atoms with E-state index in [0.717, 1.165) is 0 Å². The zero-order chi connectivity index (χ0) is 10.1. The highest BCUT2D eigenvalue weighted by molar-refractivity contribution is 5.92. The molecule has 2 rings (SSSR count). The predicted molar refractivity (Wildman–Crippen MR) is 47.8 cm³/mol. The highest BCUT2D eigenvalue weighted by atomic mass is 16.5. The fourth-order valence-corrected chi connectivity index (χ4v) is 1.56. The van der Waals surface area contributed by atoms with Gasteiger partial charge in [0, 0.05) is 19.2 Å². The lowest BCUT2D eigenvalue weighted by atomic mass is 10.3. The number of amides is 1. The molecule has 0 radical (unpaired) electrons. The Labute approximate surface area is 81.3 Å². The summed E-state index contributed by atoms with van der Waals surface area (Å²) in [5, 5.41) is 12.9. The van der Waals surface area contributed by atoms with Gasteiger partial charge < -0.3 is 14.5 Å². The molecule has 5 nitrogen and oxygen atoms in total. The number of aliphatic hydroxyl groups is 1. The van der Waals surface area contributed by atoms with Gasteiger partial charge in [-0.25, -0.2) is 0 Å². The topological polar surface area (TPSA) is 66.6 Å². The van der Waals surface area contributed by atoms with Crippen LogP contribution in [0.25, 0.3) is 0 Å². The maximum absolute atomic E-state index is 11.7. The minimum Gasteiger partial charge on any atom is -0.391 e. The van der Waals surface area contributed by atoms with Crippen molar-refractivity contribution >= 4 is 5.91 Å². The Morgan fingerprint density at radius 3 is 3.07 bits per heavy atom. The molecule has 1 unspecified atom stereocenters. The largest absolute Gasteiger partial charge is 0.391 e. The third-order valence-electron chi connectivity index (χ3n) is 2.30. The summed E-state index contributed by atoms with van der Waals surface area (Å²) in [5.41, 5.74) is 0.316. The van der Waals surface area contributed by atoms with Crippen LogP contribution in [0.3, 0.4) is 0 Å². The molecule has 1 saturated heterocycles. The fraction of sp³-hybridized carbons (Fsp3) is 0.556. The number of nitrogens with zero attached hydrogens (tertiary/aromatic N) is 2. The van der Waals surface area contributed by atoms with Crippen LogP contribution >= 0.6 is 0 Å². The van der Waals surface area contributed by atoms with Crippen molar-refractivity contribution in [2.24, 2.45) is 0 Å². The van der Waals surface area contributed by atoms with E-state index in [1.807, 2.05) is 0 Å². The van der Waals surface area contributed by atoms with Gasteiger partial charge in [-0.05, 0) is 13.3 Å². The van der Waals surface area contributed by atoms with E-state index in [-0.39, 0.29) is 5.91 Å². The maximum atomic E-state index is 11.7. The Hall–Kier alpha value is -1.36. The number of β-amino-alcohol motifs (C(OH)–C–C–N with tert-alkyl or cyclic N) is 1. The first-order valence-corrected chi connectivity index (χ1v) is 4.57. The van der Waals surface area contributed by atoms with Gasteiger partial charge >= 0.3 is 0 Å². The van der Waals surface area contributed by atoms with Gasteiger partial charge in [0.25, 0.3) is 5.91 Å². The monoisotopic (exact) mass is 196 g/mol. The SMILES string of the molecule is Cc1cc(C(=O)N2CCC(O)C2)no1. The molecule has 14 heavy (non-hydrogen) atoms. The number of carbonyl (C=O) groups excluding carboxylic acids is 1. The fourth-order valence-electron chi connectivity index (χ4n) is 1.56. The standard InChI is InChI=1S/C9H12N2O3/c1-6-4-8(10-14-6)9(13)11-3-2-7(12)5-11/h4,7,12H,2-3,5H2,1H3. The van der Waals surface area contributed by atoms with Gasteiger partial charge in [-0.15, -0.1) is 0 Å². The van der Waals surface area contributed by atoms with Crippen LogP contribution in [0.1, 0.15) is 22.7 Å². The number of aromatic nitrogens is 1.